The number of nitrogens with zero attached hydrogens (tertiary/aromatic N) is 2. The molecule has 0 saturated carbocycles. The lowest BCUT2D eigenvalue weighted by molar-refractivity contribution is -0.0117. The second kappa shape index (κ2) is 7.38. The van der Waals surface area contributed by atoms with Crippen molar-refractivity contribution in [2.45, 2.75) is 12.5 Å². The van der Waals surface area contributed by atoms with Crippen LogP contribution in [-0.4, -0.2) is 48.0 Å². The molecule has 2 aromatic rings. The van der Waals surface area contributed by atoms with E-state index in [4.69, 9.17) is 9.47 Å². The largest absolute Gasteiger partial charge is 0.490 e. The molecule has 1 saturated heterocycles. The van der Waals surface area contributed by atoms with Crippen LogP contribution in [0.1, 0.15) is 18.2 Å². The van der Waals surface area contributed by atoms with Crippen LogP contribution in [-0.2, 0) is 4.74 Å². The van der Waals surface area contributed by atoms with Crippen LogP contribution in [0, 0.1) is 5.82 Å². The third kappa shape index (κ3) is 3.64. The average molecular weight is 305 g/mol. The van der Waals surface area contributed by atoms with Gasteiger partial charge in [-0.15, -0.1) is 0 Å². The van der Waals surface area contributed by atoms with Crippen LogP contribution < -0.4 is 4.74 Å². The number of aromatic nitrogens is 2. The number of ether oxygens (including phenoxy) is 2. The molecule has 2 heterocycles. The summed E-state index contributed by atoms with van der Waals surface area (Å²) in [4.78, 5) is 2.35. The summed E-state index contributed by atoms with van der Waals surface area (Å²) >= 11 is 0. The average Bonchev–Trinajstić information content (AvgIpc) is 3.08. The lowest BCUT2D eigenvalue weighted by Crippen LogP contribution is -2.40. The van der Waals surface area contributed by atoms with Crippen LogP contribution in [0.15, 0.2) is 36.5 Å². The highest BCUT2D eigenvalue weighted by Gasteiger charge is 2.25. The summed E-state index contributed by atoms with van der Waals surface area (Å²) in [6.45, 7) is 3.65. The van der Waals surface area contributed by atoms with E-state index in [-0.39, 0.29) is 11.9 Å². The van der Waals surface area contributed by atoms with Crippen molar-refractivity contribution in [2.24, 2.45) is 0 Å². The van der Waals surface area contributed by atoms with Gasteiger partial charge in [-0.3, -0.25) is 10.00 Å². The zero-order chi connectivity index (χ0) is 15.2. The van der Waals surface area contributed by atoms with E-state index < -0.39 is 0 Å². The molecule has 0 spiro atoms. The van der Waals surface area contributed by atoms with Crippen LogP contribution in [0.3, 0.4) is 0 Å². The van der Waals surface area contributed by atoms with E-state index in [1.54, 1.807) is 24.4 Å². The van der Waals surface area contributed by atoms with E-state index in [0.29, 0.717) is 19.0 Å². The minimum Gasteiger partial charge on any atom is -0.490 e. The van der Waals surface area contributed by atoms with Crippen LogP contribution in [0.2, 0.25) is 0 Å². The molecule has 0 bridgehead atoms. The van der Waals surface area contributed by atoms with Gasteiger partial charge in [0.05, 0.1) is 31.6 Å². The maximum Gasteiger partial charge on any atom is 0.165 e. The smallest absolute Gasteiger partial charge is 0.165 e. The summed E-state index contributed by atoms with van der Waals surface area (Å²) in [5.74, 6) is -0.00111. The number of hydrogen-bond donors (Lipinski definition) is 1. The molecule has 1 aromatic heterocycles. The first kappa shape index (κ1) is 15.0. The predicted molar refractivity (Wildman–Crippen MR) is 80.2 cm³/mol. The molecule has 6 heteroatoms. The Morgan fingerprint density at radius 3 is 3.09 bits per heavy atom. The first-order chi connectivity index (χ1) is 10.8. The number of aromatic amines is 1. The van der Waals surface area contributed by atoms with Crippen LogP contribution in [0.25, 0.3) is 0 Å². The molecule has 3 rings (SSSR count). The number of rotatable bonds is 6. The Balaban J connectivity index is 1.49. The Kier molecular flexibility index (Phi) is 5.03. The van der Waals surface area contributed by atoms with Gasteiger partial charge in [0, 0.05) is 19.3 Å². The number of benzene rings is 1. The van der Waals surface area contributed by atoms with Gasteiger partial charge in [0.1, 0.15) is 0 Å². The van der Waals surface area contributed by atoms with E-state index in [2.05, 4.69) is 15.1 Å². The van der Waals surface area contributed by atoms with Gasteiger partial charge in [0.2, 0.25) is 0 Å². The summed E-state index contributed by atoms with van der Waals surface area (Å²) in [5, 5.41) is 7.01. The highest BCUT2D eigenvalue weighted by molar-refractivity contribution is 5.23. The second-order valence-corrected chi connectivity index (χ2v) is 5.27. The van der Waals surface area contributed by atoms with E-state index in [1.807, 2.05) is 6.07 Å². The maximum absolute atomic E-state index is 13.5. The summed E-state index contributed by atoms with van der Waals surface area (Å²) < 4.78 is 24.5. The first-order valence-electron chi connectivity index (χ1n) is 7.53. The van der Waals surface area contributed by atoms with E-state index in [0.717, 1.165) is 31.8 Å². The Hall–Kier alpha value is -1.92. The predicted octanol–water partition coefficient (Wildman–Crippen LogP) is 2.39. The number of nitrogens with one attached hydrogen (secondary N) is 1. The zero-order valence-corrected chi connectivity index (χ0v) is 12.4. The van der Waals surface area contributed by atoms with Crippen molar-refractivity contribution >= 4 is 0 Å². The normalized spacial score (nSPS) is 19.2. The highest BCUT2D eigenvalue weighted by atomic mass is 19.1. The Morgan fingerprint density at radius 2 is 2.27 bits per heavy atom. The molecule has 118 valence electrons. The third-order valence-electron chi connectivity index (χ3n) is 3.80. The van der Waals surface area contributed by atoms with Gasteiger partial charge in [-0.2, -0.15) is 5.10 Å². The number of H-pyrrole nitrogens is 1. The van der Waals surface area contributed by atoms with Gasteiger partial charge in [0.25, 0.3) is 0 Å². The van der Waals surface area contributed by atoms with Crippen molar-refractivity contribution in [3.05, 3.63) is 48.0 Å². The Morgan fingerprint density at radius 1 is 1.36 bits per heavy atom. The molecule has 22 heavy (non-hydrogen) atoms. The molecule has 1 aliphatic rings. The molecule has 0 aliphatic carbocycles. The van der Waals surface area contributed by atoms with Crippen LogP contribution >= 0.6 is 0 Å². The summed E-state index contributed by atoms with van der Waals surface area (Å²) in [6.07, 6.45) is 2.59. The standard InChI is InChI=1S/C16H20FN3O2/c17-13-4-1-2-5-16(13)22-10-3-8-20-9-11-21-12-15(20)14-6-7-18-19-14/h1-2,4-7,15H,3,8-12H2,(H,18,19)/t15-/m1/s1. The van der Waals surface area contributed by atoms with Crippen molar-refractivity contribution in [1.29, 1.82) is 0 Å². The number of hydrogen-bond acceptors (Lipinski definition) is 4. The summed E-state index contributed by atoms with van der Waals surface area (Å²) in [6, 6.07) is 8.66. The first-order valence-corrected chi connectivity index (χ1v) is 7.53. The molecule has 0 radical (unpaired) electrons. The number of halogens is 1. The minimum absolute atomic E-state index is 0.199. The summed E-state index contributed by atoms with van der Waals surface area (Å²) in [7, 11) is 0. The molecule has 1 aliphatic heterocycles. The Labute approximate surface area is 129 Å². The van der Waals surface area contributed by atoms with E-state index in [9.17, 15) is 4.39 Å². The lowest BCUT2D eigenvalue weighted by atomic mass is 10.1. The number of para-hydroxylation sites is 1. The zero-order valence-electron chi connectivity index (χ0n) is 12.4. The molecule has 1 N–H and O–H groups in total. The van der Waals surface area contributed by atoms with Crippen LogP contribution in [0.4, 0.5) is 4.39 Å². The number of morpholine rings is 1. The van der Waals surface area contributed by atoms with Crippen molar-refractivity contribution in [3.8, 4) is 5.75 Å². The topological polar surface area (TPSA) is 50.4 Å². The monoisotopic (exact) mass is 305 g/mol. The fourth-order valence-electron chi connectivity index (χ4n) is 2.66. The van der Waals surface area contributed by atoms with Gasteiger partial charge in [-0.25, -0.2) is 4.39 Å². The van der Waals surface area contributed by atoms with Gasteiger partial charge >= 0.3 is 0 Å². The minimum atomic E-state index is -0.316. The Bertz CT molecular complexity index is 577. The van der Waals surface area contributed by atoms with Gasteiger partial charge in [-0.05, 0) is 24.6 Å². The molecule has 5 nitrogen and oxygen atoms in total. The van der Waals surface area contributed by atoms with Crippen molar-refractivity contribution in [1.82, 2.24) is 15.1 Å². The molecule has 0 unspecified atom stereocenters. The SMILES string of the molecule is Fc1ccccc1OCCCN1CCOC[C@@H]1c1ccn[nH]1. The summed E-state index contributed by atoms with van der Waals surface area (Å²) in [5.41, 5.74) is 1.06. The quantitative estimate of drug-likeness (QED) is 0.833. The highest BCUT2D eigenvalue weighted by Crippen LogP contribution is 2.22. The van der Waals surface area contributed by atoms with Gasteiger partial charge < -0.3 is 9.47 Å². The van der Waals surface area contributed by atoms with Gasteiger partial charge in [0.15, 0.2) is 11.6 Å². The van der Waals surface area contributed by atoms with Crippen molar-refractivity contribution in [3.63, 3.8) is 0 Å². The van der Waals surface area contributed by atoms with Crippen molar-refractivity contribution < 1.29 is 13.9 Å². The lowest BCUT2D eigenvalue weighted by Gasteiger charge is -2.34. The van der Waals surface area contributed by atoms with Crippen LogP contribution in [0.5, 0.6) is 5.75 Å². The van der Waals surface area contributed by atoms with Crippen molar-refractivity contribution in [2.75, 3.05) is 32.9 Å². The molecule has 1 aromatic carbocycles. The molecular weight excluding hydrogens is 285 g/mol. The maximum atomic E-state index is 13.5. The molecule has 1 atom stereocenters. The van der Waals surface area contributed by atoms with Gasteiger partial charge in [-0.1, -0.05) is 12.1 Å². The molecule has 0 amide bonds. The second-order valence-electron chi connectivity index (χ2n) is 5.27. The fraction of sp³-hybridized carbons (Fsp3) is 0.438. The fourth-order valence-corrected chi connectivity index (χ4v) is 2.66. The van der Waals surface area contributed by atoms with E-state index in [1.165, 1.54) is 6.07 Å². The molecule has 1 fully saturated rings. The molecular formula is C16H20FN3O2. The third-order valence-corrected chi connectivity index (χ3v) is 3.80. The van der Waals surface area contributed by atoms with E-state index >= 15 is 0 Å².